The van der Waals surface area contributed by atoms with E-state index in [1.54, 1.807) is 19.1 Å². The molecule has 0 saturated carbocycles. The van der Waals surface area contributed by atoms with Crippen molar-refractivity contribution in [3.05, 3.63) is 59.7 Å². The van der Waals surface area contributed by atoms with Gasteiger partial charge in [-0.15, -0.1) is 0 Å². The van der Waals surface area contributed by atoms with E-state index < -0.39 is 24.3 Å². The average Bonchev–Trinajstić information content (AvgIpc) is 2.50. The van der Waals surface area contributed by atoms with Crippen molar-refractivity contribution < 1.29 is 18.7 Å². The van der Waals surface area contributed by atoms with Crippen molar-refractivity contribution in [2.45, 2.75) is 6.92 Å². The van der Waals surface area contributed by atoms with Crippen LogP contribution in [-0.2, 0) is 9.53 Å². The molecule has 0 atom stereocenters. The number of nitrogens with one attached hydrogen (secondary N) is 1. The van der Waals surface area contributed by atoms with Gasteiger partial charge in [0.25, 0.3) is 5.91 Å². The van der Waals surface area contributed by atoms with Crippen LogP contribution in [0.15, 0.2) is 42.7 Å². The summed E-state index contributed by atoms with van der Waals surface area (Å²) in [5, 5.41) is 2.49. The molecule has 0 saturated heterocycles. The van der Waals surface area contributed by atoms with E-state index in [0.717, 1.165) is 0 Å². The molecule has 108 valence electrons. The number of hydrogen-bond acceptors (Lipinski definition) is 4. The van der Waals surface area contributed by atoms with Gasteiger partial charge in [-0.2, -0.15) is 0 Å². The minimum absolute atomic E-state index is 0.257. The molecule has 0 aliphatic carbocycles. The van der Waals surface area contributed by atoms with E-state index in [0.29, 0.717) is 11.3 Å². The highest BCUT2D eigenvalue weighted by molar-refractivity contribution is 5.95. The van der Waals surface area contributed by atoms with Crippen LogP contribution in [0.1, 0.15) is 15.9 Å². The SMILES string of the molecule is Cc1c(F)cccc1NC(=O)COC(=O)c1cccnc1. The molecular weight excluding hydrogens is 275 g/mol. The first-order valence-corrected chi connectivity index (χ1v) is 6.20. The van der Waals surface area contributed by atoms with Crippen molar-refractivity contribution in [3.8, 4) is 0 Å². The maximum absolute atomic E-state index is 13.3. The van der Waals surface area contributed by atoms with Gasteiger partial charge in [-0.3, -0.25) is 9.78 Å². The summed E-state index contributed by atoms with van der Waals surface area (Å²) in [6.45, 7) is 1.09. The fourth-order valence-corrected chi connectivity index (χ4v) is 1.63. The van der Waals surface area contributed by atoms with Crippen molar-refractivity contribution in [2.75, 3.05) is 11.9 Å². The zero-order chi connectivity index (χ0) is 15.2. The molecule has 1 aromatic carbocycles. The number of esters is 1. The molecule has 0 radical (unpaired) electrons. The van der Waals surface area contributed by atoms with E-state index in [2.05, 4.69) is 10.3 Å². The van der Waals surface area contributed by atoms with E-state index in [1.165, 1.54) is 30.6 Å². The lowest BCUT2D eigenvalue weighted by Crippen LogP contribution is -2.21. The van der Waals surface area contributed by atoms with Crippen molar-refractivity contribution in [3.63, 3.8) is 0 Å². The molecule has 1 aromatic heterocycles. The zero-order valence-corrected chi connectivity index (χ0v) is 11.3. The lowest BCUT2D eigenvalue weighted by Gasteiger charge is -2.09. The first-order valence-electron chi connectivity index (χ1n) is 6.20. The molecule has 2 rings (SSSR count). The van der Waals surface area contributed by atoms with Crippen LogP contribution < -0.4 is 5.32 Å². The van der Waals surface area contributed by atoms with Gasteiger partial charge in [-0.1, -0.05) is 6.07 Å². The number of carbonyl (C=O) groups is 2. The largest absolute Gasteiger partial charge is 0.452 e. The standard InChI is InChI=1S/C15H13FN2O3/c1-10-12(16)5-2-6-13(10)18-14(19)9-21-15(20)11-4-3-7-17-8-11/h2-8H,9H2,1H3,(H,18,19). The Kier molecular flexibility index (Phi) is 4.61. The van der Waals surface area contributed by atoms with Crippen LogP contribution >= 0.6 is 0 Å². The number of rotatable bonds is 4. The second-order valence-electron chi connectivity index (χ2n) is 4.28. The molecule has 1 N–H and O–H groups in total. The number of carbonyl (C=O) groups excluding carboxylic acids is 2. The second kappa shape index (κ2) is 6.60. The summed E-state index contributed by atoms with van der Waals surface area (Å²) in [6.07, 6.45) is 2.87. The van der Waals surface area contributed by atoms with Crippen LogP contribution in [0.5, 0.6) is 0 Å². The predicted molar refractivity (Wildman–Crippen MR) is 74.3 cm³/mol. The van der Waals surface area contributed by atoms with Gasteiger partial charge in [-0.05, 0) is 31.2 Å². The maximum Gasteiger partial charge on any atom is 0.340 e. The number of amides is 1. The lowest BCUT2D eigenvalue weighted by atomic mass is 10.2. The van der Waals surface area contributed by atoms with Gasteiger partial charge in [0, 0.05) is 23.6 Å². The van der Waals surface area contributed by atoms with Crippen LogP contribution in [0.25, 0.3) is 0 Å². The molecule has 5 nitrogen and oxygen atoms in total. The number of nitrogens with zero attached hydrogens (tertiary/aromatic N) is 1. The number of pyridine rings is 1. The summed E-state index contributed by atoms with van der Waals surface area (Å²) in [5.74, 6) is -1.60. The molecule has 0 unspecified atom stereocenters. The maximum atomic E-state index is 13.3. The summed E-state index contributed by atoms with van der Waals surface area (Å²) >= 11 is 0. The number of hydrogen-bond donors (Lipinski definition) is 1. The fourth-order valence-electron chi connectivity index (χ4n) is 1.63. The first kappa shape index (κ1) is 14.6. The van der Waals surface area contributed by atoms with Crippen LogP contribution in [0, 0.1) is 12.7 Å². The number of ether oxygens (including phenoxy) is 1. The minimum atomic E-state index is -0.644. The summed E-state index contributed by atoms with van der Waals surface area (Å²) in [6, 6.07) is 7.48. The van der Waals surface area contributed by atoms with Gasteiger partial charge >= 0.3 is 5.97 Å². The number of aromatic nitrogens is 1. The Morgan fingerprint density at radius 3 is 2.81 bits per heavy atom. The lowest BCUT2D eigenvalue weighted by molar-refractivity contribution is -0.119. The molecule has 0 fully saturated rings. The molecule has 0 bridgehead atoms. The minimum Gasteiger partial charge on any atom is -0.452 e. The van der Waals surface area contributed by atoms with E-state index in [4.69, 9.17) is 4.74 Å². The van der Waals surface area contributed by atoms with Gasteiger partial charge in [-0.25, -0.2) is 9.18 Å². The average molecular weight is 288 g/mol. The Morgan fingerprint density at radius 1 is 1.29 bits per heavy atom. The Hall–Kier alpha value is -2.76. The molecule has 0 aliphatic heterocycles. The Labute approximate surface area is 120 Å². The van der Waals surface area contributed by atoms with Gasteiger partial charge in [0.1, 0.15) is 5.82 Å². The number of anilines is 1. The zero-order valence-electron chi connectivity index (χ0n) is 11.3. The molecule has 6 heteroatoms. The van der Waals surface area contributed by atoms with Gasteiger partial charge in [0.2, 0.25) is 0 Å². The van der Waals surface area contributed by atoms with E-state index in [1.807, 2.05) is 0 Å². The molecular formula is C15H13FN2O3. The molecule has 1 heterocycles. The summed E-state index contributed by atoms with van der Waals surface area (Å²) in [5.41, 5.74) is 0.925. The number of benzene rings is 1. The van der Waals surface area contributed by atoms with Gasteiger partial charge in [0.15, 0.2) is 6.61 Å². The highest BCUT2D eigenvalue weighted by atomic mass is 19.1. The number of halogens is 1. The quantitative estimate of drug-likeness (QED) is 0.877. The van der Waals surface area contributed by atoms with Gasteiger partial charge in [0.05, 0.1) is 5.56 Å². The summed E-state index contributed by atoms with van der Waals surface area (Å²) < 4.78 is 18.2. The van der Waals surface area contributed by atoms with Crippen molar-refractivity contribution >= 4 is 17.6 Å². The van der Waals surface area contributed by atoms with Crippen molar-refractivity contribution in [1.29, 1.82) is 0 Å². The molecule has 2 aromatic rings. The summed E-state index contributed by atoms with van der Waals surface area (Å²) in [4.78, 5) is 27.1. The molecule has 0 spiro atoms. The van der Waals surface area contributed by atoms with Gasteiger partial charge < -0.3 is 10.1 Å². The second-order valence-corrected chi connectivity index (χ2v) is 4.28. The molecule has 1 amide bonds. The third-order valence-corrected chi connectivity index (χ3v) is 2.77. The van der Waals surface area contributed by atoms with Crippen LogP contribution in [-0.4, -0.2) is 23.5 Å². The Balaban J connectivity index is 1.91. The molecule has 0 aliphatic rings. The van der Waals surface area contributed by atoms with Crippen LogP contribution in [0.3, 0.4) is 0 Å². The molecule has 21 heavy (non-hydrogen) atoms. The summed E-state index contributed by atoms with van der Waals surface area (Å²) in [7, 11) is 0. The smallest absolute Gasteiger partial charge is 0.340 e. The third-order valence-electron chi connectivity index (χ3n) is 2.77. The first-order chi connectivity index (χ1) is 10.1. The van der Waals surface area contributed by atoms with Crippen LogP contribution in [0.4, 0.5) is 10.1 Å². The fraction of sp³-hybridized carbons (Fsp3) is 0.133. The highest BCUT2D eigenvalue weighted by Gasteiger charge is 2.11. The topological polar surface area (TPSA) is 68.3 Å². The predicted octanol–water partition coefficient (Wildman–Crippen LogP) is 2.32. The van der Waals surface area contributed by atoms with Crippen molar-refractivity contribution in [2.24, 2.45) is 0 Å². The van der Waals surface area contributed by atoms with Crippen LogP contribution in [0.2, 0.25) is 0 Å². The third kappa shape index (κ3) is 3.85. The Morgan fingerprint density at radius 2 is 2.10 bits per heavy atom. The van der Waals surface area contributed by atoms with E-state index >= 15 is 0 Å². The van der Waals surface area contributed by atoms with E-state index in [-0.39, 0.29) is 5.56 Å². The van der Waals surface area contributed by atoms with Crippen molar-refractivity contribution in [1.82, 2.24) is 4.98 Å². The highest BCUT2D eigenvalue weighted by Crippen LogP contribution is 2.17. The Bertz CT molecular complexity index is 659. The van der Waals surface area contributed by atoms with E-state index in [9.17, 15) is 14.0 Å². The monoisotopic (exact) mass is 288 g/mol. The normalized spacial score (nSPS) is 10.0.